The summed E-state index contributed by atoms with van der Waals surface area (Å²) in [4.78, 5) is 25.6. The molecule has 20 heavy (non-hydrogen) atoms. The van der Waals surface area contributed by atoms with Crippen LogP contribution in [-0.2, 0) is 9.59 Å². The Morgan fingerprint density at radius 1 is 1.00 bits per heavy atom. The van der Waals surface area contributed by atoms with Crippen molar-refractivity contribution < 1.29 is 9.59 Å². The van der Waals surface area contributed by atoms with E-state index in [1.807, 2.05) is 4.90 Å². The van der Waals surface area contributed by atoms with Crippen molar-refractivity contribution in [1.29, 1.82) is 0 Å². The summed E-state index contributed by atoms with van der Waals surface area (Å²) < 4.78 is 0. The average molecular weight is 280 g/mol. The second-order valence-corrected chi connectivity index (χ2v) is 6.30. The van der Waals surface area contributed by atoms with E-state index in [1.165, 1.54) is 32.1 Å². The van der Waals surface area contributed by atoms with Crippen LogP contribution < -0.4 is 5.32 Å². The third-order valence-corrected chi connectivity index (χ3v) is 4.72. The molecular formula is C16H28N2O2. The summed E-state index contributed by atoms with van der Waals surface area (Å²) in [7, 11) is 0. The summed E-state index contributed by atoms with van der Waals surface area (Å²) in [6.45, 7) is 2.20. The zero-order valence-corrected chi connectivity index (χ0v) is 12.7. The molecule has 2 fully saturated rings. The van der Waals surface area contributed by atoms with E-state index in [9.17, 15) is 9.59 Å². The summed E-state index contributed by atoms with van der Waals surface area (Å²) in [5.74, 6) is 0.225. The molecular weight excluding hydrogens is 252 g/mol. The van der Waals surface area contributed by atoms with Crippen LogP contribution in [0.5, 0.6) is 0 Å². The predicted octanol–water partition coefficient (Wildman–Crippen LogP) is 2.62. The van der Waals surface area contributed by atoms with E-state index in [-0.39, 0.29) is 11.8 Å². The molecule has 0 heterocycles. The maximum atomic E-state index is 12.0. The Kier molecular flexibility index (Phi) is 5.86. The molecule has 0 saturated heterocycles. The average Bonchev–Trinajstić information content (AvgIpc) is 2.93. The van der Waals surface area contributed by atoms with Gasteiger partial charge in [-0.05, 0) is 25.7 Å². The van der Waals surface area contributed by atoms with Gasteiger partial charge in [0.1, 0.15) is 0 Å². The number of carbonyl (C=O) groups excluding carboxylic acids is 2. The zero-order chi connectivity index (χ0) is 14.4. The molecule has 4 nitrogen and oxygen atoms in total. The number of amides is 2. The van der Waals surface area contributed by atoms with Crippen LogP contribution in [0.2, 0.25) is 0 Å². The topological polar surface area (TPSA) is 49.4 Å². The van der Waals surface area contributed by atoms with Crippen LogP contribution in [0, 0.1) is 0 Å². The molecule has 1 N–H and O–H groups in total. The third-order valence-electron chi connectivity index (χ3n) is 4.72. The highest BCUT2D eigenvalue weighted by Gasteiger charge is 2.25. The smallest absolute Gasteiger partial charge is 0.221 e. The summed E-state index contributed by atoms with van der Waals surface area (Å²) >= 11 is 0. The Bertz CT molecular complexity index is 331. The molecule has 0 atom stereocenters. The first-order chi connectivity index (χ1) is 9.66. The Balaban J connectivity index is 1.73. The number of hydrogen-bond acceptors (Lipinski definition) is 2. The van der Waals surface area contributed by atoms with Crippen LogP contribution in [0.15, 0.2) is 0 Å². The highest BCUT2D eigenvalue weighted by Crippen LogP contribution is 2.23. The molecule has 0 radical (unpaired) electrons. The fourth-order valence-electron chi connectivity index (χ4n) is 3.58. The largest absolute Gasteiger partial charge is 0.353 e. The Morgan fingerprint density at radius 2 is 1.60 bits per heavy atom. The van der Waals surface area contributed by atoms with Gasteiger partial charge >= 0.3 is 0 Å². The lowest BCUT2D eigenvalue weighted by Gasteiger charge is -2.28. The molecule has 2 aliphatic carbocycles. The number of hydrogen-bond donors (Lipinski definition) is 1. The van der Waals surface area contributed by atoms with Crippen LogP contribution in [0.4, 0.5) is 0 Å². The number of rotatable bonds is 5. The quantitative estimate of drug-likeness (QED) is 0.841. The number of carbonyl (C=O) groups is 2. The van der Waals surface area contributed by atoms with Gasteiger partial charge in [-0.1, -0.05) is 32.1 Å². The van der Waals surface area contributed by atoms with Crippen molar-refractivity contribution in [3.05, 3.63) is 0 Å². The van der Waals surface area contributed by atoms with E-state index in [0.29, 0.717) is 25.0 Å². The number of nitrogens with one attached hydrogen (secondary N) is 1. The van der Waals surface area contributed by atoms with Gasteiger partial charge in [-0.25, -0.2) is 0 Å². The minimum absolute atomic E-state index is 0.112. The fourth-order valence-corrected chi connectivity index (χ4v) is 3.58. The maximum absolute atomic E-state index is 12.0. The Morgan fingerprint density at radius 3 is 2.20 bits per heavy atom. The van der Waals surface area contributed by atoms with E-state index < -0.39 is 0 Å². The minimum atomic E-state index is 0.112. The van der Waals surface area contributed by atoms with Crippen molar-refractivity contribution in [1.82, 2.24) is 10.2 Å². The fraction of sp³-hybridized carbons (Fsp3) is 0.875. The van der Waals surface area contributed by atoms with E-state index >= 15 is 0 Å². The zero-order valence-electron chi connectivity index (χ0n) is 12.7. The lowest BCUT2D eigenvalue weighted by molar-refractivity contribution is -0.132. The van der Waals surface area contributed by atoms with Crippen molar-refractivity contribution in [3.8, 4) is 0 Å². The molecule has 2 amide bonds. The van der Waals surface area contributed by atoms with Gasteiger partial charge in [0.25, 0.3) is 0 Å². The van der Waals surface area contributed by atoms with Gasteiger partial charge in [0.05, 0.1) is 0 Å². The predicted molar refractivity (Wildman–Crippen MR) is 79.3 cm³/mol. The second kappa shape index (κ2) is 7.65. The molecule has 114 valence electrons. The molecule has 4 heteroatoms. The molecule has 2 saturated carbocycles. The van der Waals surface area contributed by atoms with Gasteiger partial charge in [0, 0.05) is 32.0 Å². The van der Waals surface area contributed by atoms with Gasteiger partial charge in [-0.3, -0.25) is 9.59 Å². The van der Waals surface area contributed by atoms with Crippen LogP contribution >= 0.6 is 0 Å². The SMILES string of the molecule is CC(=O)N(CCC(=O)NC1CCCCC1)C1CCCC1. The molecule has 0 aliphatic heterocycles. The summed E-state index contributed by atoms with van der Waals surface area (Å²) in [5.41, 5.74) is 0. The molecule has 0 aromatic carbocycles. The van der Waals surface area contributed by atoms with Gasteiger partial charge in [-0.2, -0.15) is 0 Å². The van der Waals surface area contributed by atoms with Crippen LogP contribution in [0.25, 0.3) is 0 Å². The molecule has 0 aromatic rings. The minimum Gasteiger partial charge on any atom is -0.353 e. The monoisotopic (exact) mass is 280 g/mol. The van der Waals surface area contributed by atoms with Crippen molar-refractivity contribution in [2.24, 2.45) is 0 Å². The first-order valence-corrected chi connectivity index (χ1v) is 8.23. The summed E-state index contributed by atoms with van der Waals surface area (Å²) in [5, 5.41) is 3.13. The second-order valence-electron chi connectivity index (χ2n) is 6.30. The normalized spacial score (nSPS) is 20.9. The van der Waals surface area contributed by atoms with Crippen molar-refractivity contribution in [3.63, 3.8) is 0 Å². The lowest BCUT2D eigenvalue weighted by Crippen LogP contribution is -2.42. The Labute approximate surface area is 122 Å². The van der Waals surface area contributed by atoms with Crippen LogP contribution in [0.1, 0.15) is 71.1 Å². The molecule has 2 aliphatic rings. The van der Waals surface area contributed by atoms with Crippen LogP contribution in [0.3, 0.4) is 0 Å². The van der Waals surface area contributed by atoms with Crippen molar-refractivity contribution >= 4 is 11.8 Å². The first kappa shape index (κ1) is 15.3. The lowest BCUT2D eigenvalue weighted by atomic mass is 9.95. The summed E-state index contributed by atoms with van der Waals surface area (Å²) in [6, 6.07) is 0.739. The highest BCUT2D eigenvalue weighted by molar-refractivity contribution is 5.78. The molecule has 0 spiro atoms. The summed E-state index contributed by atoms with van der Waals surface area (Å²) in [6.07, 6.45) is 11.1. The molecule has 0 aromatic heterocycles. The van der Waals surface area contributed by atoms with Gasteiger partial charge in [0.2, 0.25) is 11.8 Å². The third kappa shape index (κ3) is 4.50. The molecule has 2 rings (SSSR count). The number of nitrogens with zero attached hydrogens (tertiary/aromatic N) is 1. The maximum Gasteiger partial charge on any atom is 0.221 e. The van der Waals surface area contributed by atoms with Crippen molar-refractivity contribution in [2.75, 3.05) is 6.54 Å². The Hall–Kier alpha value is -1.06. The van der Waals surface area contributed by atoms with Crippen LogP contribution in [-0.4, -0.2) is 35.3 Å². The molecule has 0 bridgehead atoms. The van der Waals surface area contributed by atoms with E-state index in [4.69, 9.17) is 0 Å². The van der Waals surface area contributed by atoms with E-state index in [0.717, 1.165) is 25.7 Å². The van der Waals surface area contributed by atoms with E-state index in [1.54, 1.807) is 6.92 Å². The first-order valence-electron chi connectivity index (χ1n) is 8.23. The van der Waals surface area contributed by atoms with Gasteiger partial charge < -0.3 is 10.2 Å². The standard InChI is InChI=1S/C16H28N2O2/c1-13(19)18(15-9-5-6-10-15)12-11-16(20)17-14-7-3-2-4-8-14/h14-15H,2-12H2,1H3,(H,17,20). The molecule has 0 unspecified atom stereocenters. The van der Waals surface area contributed by atoms with E-state index in [2.05, 4.69) is 5.32 Å². The van der Waals surface area contributed by atoms with Gasteiger partial charge in [-0.15, -0.1) is 0 Å². The van der Waals surface area contributed by atoms with Crippen molar-refractivity contribution in [2.45, 2.75) is 83.2 Å². The van der Waals surface area contributed by atoms with Gasteiger partial charge in [0.15, 0.2) is 0 Å². The highest BCUT2D eigenvalue weighted by atomic mass is 16.2.